The molecule has 152 valence electrons. The van der Waals surface area contributed by atoms with Gasteiger partial charge in [0.2, 0.25) is 0 Å². The molecule has 9 nitrogen and oxygen atoms in total. The molecule has 3 aromatic rings. The van der Waals surface area contributed by atoms with Gasteiger partial charge in [-0.1, -0.05) is 0 Å². The van der Waals surface area contributed by atoms with Crippen molar-refractivity contribution in [3.63, 3.8) is 0 Å². The van der Waals surface area contributed by atoms with Gasteiger partial charge in [-0.3, -0.25) is 10.1 Å². The Labute approximate surface area is 161 Å². The molecule has 1 aromatic carbocycles. The molecule has 0 aliphatic heterocycles. The predicted molar refractivity (Wildman–Crippen MR) is 90.7 cm³/mol. The lowest BCUT2D eigenvalue weighted by Crippen LogP contribution is -2.23. The lowest BCUT2D eigenvalue weighted by Gasteiger charge is -2.09. The summed E-state index contributed by atoms with van der Waals surface area (Å²) in [5.74, 6) is 0.403. The molecule has 0 saturated heterocycles. The Kier molecular flexibility index (Phi) is 6.74. The Bertz CT molecular complexity index is 933. The van der Waals surface area contributed by atoms with Crippen LogP contribution >= 0.6 is 0 Å². The van der Waals surface area contributed by atoms with Gasteiger partial charge in [0.05, 0.1) is 17.1 Å². The second-order valence-electron chi connectivity index (χ2n) is 5.19. The fourth-order valence-electron chi connectivity index (χ4n) is 1.84. The van der Waals surface area contributed by atoms with E-state index in [1.54, 1.807) is 0 Å². The number of nitrogens with zero attached hydrogens (tertiary/aromatic N) is 3. The maximum atomic E-state index is 11.9. The summed E-state index contributed by atoms with van der Waals surface area (Å²) in [6.45, 7) is 0. The molecule has 3 rings (SSSR count). The van der Waals surface area contributed by atoms with E-state index in [0.29, 0.717) is 21.0 Å². The van der Waals surface area contributed by atoms with Gasteiger partial charge in [-0.05, 0) is 24.3 Å². The highest BCUT2D eigenvalue weighted by molar-refractivity contribution is 5.34. The van der Waals surface area contributed by atoms with Gasteiger partial charge in [0, 0.05) is 12.1 Å². The molecule has 0 radical (unpaired) electrons. The molecular formula is C17H12F3N3O6. The Balaban J connectivity index is 0.000000253. The Morgan fingerprint density at radius 3 is 1.62 bits per heavy atom. The van der Waals surface area contributed by atoms with E-state index >= 15 is 0 Å². The zero-order valence-corrected chi connectivity index (χ0v) is 14.4. The van der Waals surface area contributed by atoms with E-state index < -0.39 is 11.3 Å². The van der Waals surface area contributed by atoms with E-state index in [-0.39, 0.29) is 11.4 Å². The summed E-state index contributed by atoms with van der Waals surface area (Å²) >= 11 is 0. The largest absolute Gasteiger partial charge is 0.619 e. The molecule has 0 aliphatic rings. The summed E-state index contributed by atoms with van der Waals surface area (Å²) in [4.78, 5) is 9.45. The van der Waals surface area contributed by atoms with Gasteiger partial charge in [0.25, 0.3) is 5.69 Å². The van der Waals surface area contributed by atoms with Crippen LogP contribution in [0.3, 0.4) is 0 Å². The first-order chi connectivity index (χ1) is 13.6. The number of rotatable bonds is 4. The van der Waals surface area contributed by atoms with E-state index in [4.69, 9.17) is 4.74 Å². The van der Waals surface area contributed by atoms with Crippen molar-refractivity contribution in [3.8, 4) is 17.2 Å². The van der Waals surface area contributed by atoms with Crippen molar-refractivity contribution in [2.45, 2.75) is 6.36 Å². The summed E-state index contributed by atoms with van der Waals surface area (Å²) in [5, 5.41) is 31.1. The fourth-order valence-corrected chi connectivity index (χ4v) is 1.84. The zero-order chi connectivity index (χ0) is 21.4. The van der Waals surface area contributed by atoms with Crippen molar-refractivity contribution in [1.29, 1.82) is 0 Å². The van der Waals surface area contributed by atoms with Crippen LogP contribution < -0.4 is 18.9 Å². The number of pyridine rings is 2. The monoisotopic (exact) mass is 411 g/mol. The number of halogens is 3. The number of aromatic nitrogens is 2. The molecule has 0 spiro atoms. The first kappa shape index (κ1) is 21.2. The Morgan fingerprint density at radius 2 is 1.17 bits per heavy atom. The van der Waals surface area contributed by atoms with Crippen LogP contribution in [-0.4, -0.2) is 11.3 Å². The molecule has 2 aromatic heterocycles. The third-order valence-corrected chi connectivity index (χ3v) is 3.06. The van der Waals surface area contributed by atoms with Gasteiger partial charge in [0.15, 0.2) is 24.8 Å². The van der Waals surface area contributed by atoms with Gasteiger partial charge >= 0.3 is 6.36 Å². The van der Waals surface area contributed by atoms with Crippen LogP contribution in [0.1, 0.15) is 0 Å². The molecule has 0 amide bonds. The normalized spacial score (nSPS) is 10.4. The lowest BCUT2D eigenvalue weighted by molar-refractivity contribution is -0.606. The topological polar surface area (TPSA) is 115 Å². The van der Waals surface area contributed by atoms with E-state index in [1.807, 2.05) is 0 Å². The highest BCUT2D eigenvalue weighted by Gasteiger charge is 2.30. The molecule has 0 aliphatic carbocycles. The number of nitro groups is 1. The molecular weight excluding hydrogens is 399 g/mol. The van der Waals surface area contributed by atoms with Crippen molar-refractivity contribution in [1.82, 2.24) is 0 Å². The minimum Gasteiger partial charge on any atom is -0.619 e. The van der Waals surface area contributed by atoms with Crippen molar-refractivity contribution < 1.29 is 37.0 Å². The van der Waals surface area contributed by atoms with Gasteiger partial charge in [-0.15, -0.1) is 13.2 Å². The lowest BCUT2D eigenvalue weighted by atomic mass is 10.3. The first-order valence-electron chi connectivity index (χ1n) is 7.68. The maximum Gasteiger partial charge on any atom is 0.573 e. The number of alkyl halides is 3. The molecule has 0 atom stereocenters. The van der Waals surface area contributed by atoms with Crippen molar-refractivity contribution >= 4 is 5.69 Å². The zero-order valence-electron chi connectivity index (χ0n) is 14.4. The summed E-state index contributed by atoms with van der Waals surface area (Å²) < 4.78 is 46.0. The third-order valence-electron chi connectivity index (χ3n) is 3.06. The highest BCUT2D eigenvalue weighted by Crippen LogP contribution is 2.26. The molecule has 2 heterocycles. The van der Waals surface area contributed by atoms with Gasteiger partial charge in [-0.2, -0.15) is 9.46 Å². The fraction of sp³-hybridized carbons (Fsp3) is 0.0588. The summed E-state index contributed by atoms with van der Waals surface area (Å²) in [6.07, 6.45) is -0.0627. The SMILES string of the molecule is O=[N+]([O-])c1cc[n+]([O-])cc1.[O-][n+]1ccc(Oc2ccc(OC(F)(F)F)cc2)cc1. The predicted octanol–water partition coefficient (Wildman–Crippen LogP) is 3.24. The van der Waals surface area contributed by atoms with Gasteiger partial charge < -0.3 is 19.9 Å². The third kappa shape index (κ3) is 7.58. The number of benzene rings is 1. The molecule has 0 bridgehead atoms. The summed E-state index contributed by atoms with van der Waals surface area (Å²) in [5.41, 5.74) is -0.0768. The second-order valence-corrected chi connectivity index (χ2v) is 5.19. The number of hydrogen-bond acceptors (Lipinski definition) is 6. The molecule has 12 heteroatoms. The average Bonchev–Trinajstić information content (AvgIpc) is 2.65. The smallest absolute Gasteiger partial charge is 0.573 e. The molecule has 0 unspecified atom stereocenters. The molecule has 0 saturated carbocycles. The van der Waals surface area contributed by atoms with Crippen LogP contribution in [0.5, 0.6) is 17.2 Å². The van der Waals surface area contributed by atoms with Crippen LogP contribution in [0.2, 0.25) is 0 Å². The molecule has 29 heavy (non-hydrogen) atoms. The highest BCUT2D eigenvalue weighted by atomic mass is 19.4. The van der Waals surface area contributed by atoms with E-state index in [1.165, 1.54) is 36.7 Å². The summed E-state index contributed by atoms with van der Waals surface area (Å²) in [6, 6.07) is 10.1. The molecule has 0 N–H and O–H groups in total. The standard InChI is InChI=1S/C12H8F3NO3.C5H4N2O3/c13-12(14,15)19-11-3-1-9(2-4-11)18-10-5-7-16(17)8-6-10;8-6-3-1-5(2-4-6)7(9)10/h1-8H;1-4H. The Hall–Kier alpha value is -4.09. The second kappa shape index (κ2) is 9.21. The Morgan fingerprint density at radius 1 is 0.759 bits per heavy atom. The van der Waals surface area contributed by atoms with Crippen molar-refractivity contribution in [2.24, 2.45) is 0 Å². The number of hydrogen-bond donors (Lipinski definition) is 0. The van der Waals surface area contributed by atoms with E-state index in [0.717, 1.165) is 36.7 Å². The van der Waals surface area contributed by atoms with Crippen molar-refractivity contribution in [3.05, 3.63) is 93.8 Å². The minimum atomic E-state index is -4.72. The van der Waals surface area contributed by atoms with Crippen LogP contribution in [0, 0.1) is 20.5 Å². The minimum absolute atomic E-state index is 0.0768. The maximum absolute atomic E-state index is 11.9. The van der Waals surface area contributed by atoms with Crippen LogP contribution in [0.4, 0.5) is 18.9 Å². The van der Waals surface area contributed by atoms with Crippen LogP contribution in [-0.2, 0) is 0 Å². The quantitative estimate of drug-likeness (QED) is 0.282. The van der Waals surface area contributed by atoms with Crippen molar-refractivity contribution in [2.75, 3.05) is 0 Å². The van der Waals surface area contributed by atoms with E-state index in [9.17, 15) is 33.7 Å². The van der Waals surface area contributed by atoms with Crippen LogP contribution in [0.25, 0.3) is 0 Å². The van der Waals surface area contributed by atoms with Crippen LogP contribution in [0.15, 0.2) is 73.3 Å². The molecule has 0 fully saturated rings. The summed E-state index contributed by atoms with van der Waals surface area (Å²) in [7, 11) is 0. The van der Waals surface area contributed by atoms with Gasteiger partial charge in [0.1, 0.15) is 17.2 Å². The first-order valence-corrected chi connectivity index (χ1v) is 7.68. The number of ether oxygens (including phenoxy) is 2. The van der Waals surface area contributed by atoms with Gasteiger partial charge in [-0.25, -0.2) is 0 Å². The average molecular weight is 411 g/mol. The van der Waals surface area contributed by atoms with E-state index in [2.05, 4.69) is 4.74 Å².